The van der Waals surface area contributed by atoms with Crippen LogP contribution in [0.25, 0.3) is 11.0 Å². The van der Waals surface area contributed by atoms with Gasteiger partial charge in [0.15, 0.2) is 0 Å². The van der Waals surface area contributed by atoms with Gasteiger partial charge in [-0.25, -0.2) is 4.98 Å². The number of hydrogen-bond donors (Lipinski definition) is 1. The van der Waals surface area contributed by atoms with Gasteiger partial charge in [0.2, 0.25) is 0 Å². The molecule has 5 heteroatoms. The fourth-order valence-electron chi connectivity index (χ4n) is 2.00. The van der Waals surface area contributed by atoms with Crippen LogP contribution in [0.4, 0.5) is 0 Å². The van der Waals surface area contributed by atoms with Gasteiger partial charge in [0.1, 0.15) is 12.4 Å². The molecular formula is C14H23N3OSi. The van der Waals surface area contributed by atoms with Crippen molar-refractivity contribution in [1.82, 2.24) is 9.55 Å². The summed E-state index contributed by atoms with van der Waals surface area (Å²) in [5.41, 5.74) is 7.84. The van der Waals surface area contributed by atoms with E-state index < -0.39 is 8.07 Å². The van der Waals surface area contributed by atoms with Crippen molar-refractivity contribution < 1.29 is 4.74 Å². The Morgan fingerprint density at radius 3 is 2.84 bits per heavy atom. The lowest BCUT2D eigenvalue weighted by Gasteiger charge is -2.15. The Morgan fingerprint density at radius 2 is 2.16 bits per heavy atom. The third-order valence-corrected chi connectivity index (χ3v) is 4.87. The highest BCUT2D eigenvalue weighted by atomic mass is 28.3. The topological polar surface area (TPSA) is 53.1 Å². The number of fused-ring (bicyclic) bond motifs is 1. The molecule has 0 radical (unpaired) electrons. The molecule has 0 bridgehead atoms. The fourth-order valence-corrected chi connectivity index (χ4v) is 2.75. The van der Waals surface area contributed by atoms with E-state index >= 15 is 0 Å². The zero-order valence-electron chi connectivity index (χ0n) is 12.0. The molecule has 0 unspecified atom stereocenters. The van der Waals surface area contributed by atoms with Crippen molar-refractivity contribution in [1.29, 1.82) is 0 Å². The number of aromatic nitrogens is 2. The normalized spacial score (nSPS) is 12.2. The van der Waals surface area contributed by atoms with Gasteiger partial charge in [-0.05, 0) is 23.7 Å². The number of nitrogens with zero attached hydrogens (tertiary/aromatic N) is 2. The van der Waals surface area contributed by atoms with Crippen LogP contribution < -0.4 is 5.73 Å². The van der Waals surface area contributed by atoms with Crippen LogP contribution in [0.5, 0.6) is 0 Å². The summed E-state index contributed by atoms with van der Waals surface area (Å²) in [5.74, 6) is 0. The third kappa shape index (κ3) is 3.65. The van der Waals surface area contributed by atoms with Crippen LogP contribution in [0, 0.1) is 0 Å². The van der Waals surface area contributed by atoms with Crippen LogP contribution in [0.1, 0.15) is 5.56 Å². The SMILES string of the molecule is C[Si](C)(C)CCOCn1cc(CN)c2cccnc21. The van der Waals surface area contributed by atoms with Gasteiger partial charge < -0.3 is 15.0 Å². The first kappa shape index (κ1) is 14.2. The summed E-state index contributed by atoms with van der Waals surface area (Å²) in [6, 6.07) is 5.18. The standard InChI is InChI=1S/C14H23N3OSi/c1-19(2,3)8-7-18-11-17-10-12(9-15)13-5-4-6-16-14(13)17/h4-6,10H,7-9,11,15H2,1-3H3. The van der Waals surface area contributed by atoms with E-state index in [2.05, 4.69) is 30.7 Å². The molecule has 2 rings (SSSR count). The van der Waals surface area contributed by atoms with E-state index in [-0.39, 0.29) is 0 Å². The molecule has 2 heterocycles. The average molecular weight is 277 g/mol. The highest BCUT2D eigenvalue weighted by molar-refractivity contribution is 6.76. The molecule has 0 aromatic carbocycles. The molecule has 0 saturated carbocycles. The highest BCUT2D eigenvalue weighted by Gasteiger charge is 2.12. The Bertz CT molecular complexity index is 545. The molecule has 19 heavy (non-hydrogen) atoms. The number of nitrogens with two attached hydrogens (primary N) is 1. The van der Waals surface area contributed by atoms with Crippen LogP contribution in [-0.4, -0.2) is 24.2 Å². The van der Waals surface area contributed by atoms with Gasteiger partial charge in [0.05, 0.1) is 0 Å². The molecule has 2 aromatic heterocycles. The lowest BCUT2D eigenvalue weighted by Crippen LogP contribution is -2.22. The van der Waals surface area contributed by atoms with Crippen LogP contribution in [0.3, 0.4) is 0 Å². The Labute approximate surface area is 115 Å². The lowest BCUT2D eigenvalue weighted by atomic mass is 10.2. The van der Waals surface area contributed by atoms with Crippen molar-refractivity contribution in [2.45, 2.75) is 39.0 Å². The molecule has 4 nitrogen and oxygen atoms in total. The van der Waals surface area contributed by atoms with Gasteiger partial charge in [-0.2, -0.15) is 0 Å². The van der Waals surface area contributed by atoms with Crippen molar-refractivity contribution in [3.8, 4) is 0 Å². The van der Waals surface area contributed by atoms with E-state index in [9.17, 15) is 0 Å². The molecule has 0 atom stereocenters. The quantitative estimate of drug-likeness (QED) is 0.652. The minimum absolute atomic E-state index is 0.532. The van der Waals surface area contributed by atoms with Crippen LogP contribution in [-0.2, 0) is 18.0 Å². The first-order chi connectivity index (χ1) is 9.01. The molecule has 0 aliphatic carbocycles. The maximum atomic E-state index is 5.78. The number of rotatable bonds is 6. The fraction of sp³-hybridized carbons (Fsp3) is 0.500. The van der Waals surface area contributed by atoms with Crippen molar-refractivity contribution >= 4 is 19.1 Å². The molecule has 0 aliphatic heterocycles. The molecule has 2 N–H and O–H groups in total. The molecule has 0 spiro atoms. The second-order valence-corrected chi connectivity index (χ2v) is 11.7. The molecule has 0 amide bonds. The van der Waals surface area contributed by atoms with Crippen molar-refractivity contribution in [2.24, 2.45) is 5.73 Å². The number of hydrogen-bond acceptors (Lipinski definition) is 3. The summed E-state index contributed by atoms with van der Waals surface area (Å²) in [6.07, 6.45) is 3.85. The van der Waals surface area contributed by atoms with Crippen molar-refractivity contribution in [3.05, 3.63) is 30.1 Å². The summed E-state index contributed by atoms with van der Waals surface area (Å²) in [7, 11) is -1.02. The summed E-state index contributed by atoms with van der Waals surface area (Å²) < 4.78 is 7.82. The maximum absolute atomic E-state index is 5.78. The van der Waals surface area contributed by atoms with E-state index in [4.69, 9.17) is 10.5 Å². The van der Waals surface area contributed by atoms with Crippen molar-refractivity contribution in [3.63, 3.8) is 0 Å². The van der Waals surface area contributed by atoms with Gasteiger partial charge >= 0.3 is 0 Å². The Hall–Kier alpha value is -1.17. The molecular weight excluding hydrogens is 254 g/mol. The number of pyridine rings is 1. The van der Waals surface area contributed by atoms with Crippen LogP contribution in [0.2, 0.25) is 25.7 Å². The molecule has 0 saturated heterocycles. The molecule has 104 valence electrons. The zero-order chi connectivity index (χ0) is 13.9. The summed E-state index contributed by atoms with van der Waals surface area (Å²) >= 11 is 0. The van der Waals surface area contributed by atoms with Gasteiger partial charge in [-0.1, -0.05) is 19.6 Å². The lowest BCUT2D eigenvalue weighted by molar-refractivity contribution is 0.0898. The van der Waals surface area contributed by atoms with Crippen molar-refractivity contribution in [2.75, 3.05) is 6.61 Å². The van der Waals surface area contributed by atoms with E-state index in [0.29, 0.717) is 13.3 Å². The highest BCUT2D eigenvalue weighted by Crippen LogP contribution is 2.19. The third-order valence-electron chi connectivity index (χ3n) is 3.16. The maximum Gasteiger partial charge on any atom is 0.142 e. The van der Waals surface area contributed by atoms with E-state index in [1.165, 1.54) is 6.04 Å². The Kier molecular flexibility index (Phi) is 4.39. The Morgan fingerprint density at radius 1 is 1.37 bits per heavy atom. The summed E-state index contributed by atoms with van der Waals surface area (Å²) in [5, 5.41) is 1.12. The monoisotopic (exact) mass is 277 g/mol. The van der Waals surface area contributed by atoms with E-state index in [1.54, 1.807) is 6.20 Å². The smallest absolute Gasteiger partial charge is 0.142 e. The largest absolute Gasteiger partial charge is 0.361 e. The minimum atomic E-state index is -1.02. The van der Waals surface area contributed by atoms with Gasteiger partial charge in [-0.3, -0.25) is 0 Å². The molecule has 2 aromatic rings. The summed E-state index contributed by atoms with van der Waals surface area (Å²) in [6.45, 7) is 8.97. The summed E-state index contributed by atoms with van der Waals surface area (Å²) in [4.78, 5) is 4.41. The predicted octanol–water partition coefficient (Wildman–Crippen LogP) is 2.81. The second-order valence-electron chi connectivity index (χ2n) is 6.05. The molecule has 0 fully saturated rings. The Balaban J connectivity index is 2.05. The second kappa shape index (κ2) is 5.86. The van der Waals surface area contributed by atoms with Crippen LogP contribution >= 0.6 is 0 Å². The van der Waals surface area contributed by atoms with Gasteiger partial charge in [-0.15, -0.1) is 0 Å². The van der Waals surface area contributed by atoms with Gasteiger partial charge in [0, 0.05) is 39.0 Å². The van der Waals surface area contributed by atoms with Gasteiger partial charge in [0.25, 0.3) is 0 Å². The first-order valence-electron chi connectivity index (χ1n) is 6.72. The predicted molar refractivity (Wildman–Crippen MR) is 81.7 cm³/mol. The first-order valence-corrected chi connectivity index (χ1v) is 10.4. The zero-order valence-corrected chi connectivity index (χ0v) is 13.0. The van der Waals surface area contributed by atoms with Crippen LogP contribution in [0.15, 0.2) is 24.5 Å². The average Bonchev–Trinajstić information content (AvgIpc) is 2.72. The number of ether oxygens (including phenoxy) is 1. The van der Waals surface area contributed by atoms with E-state index in [0.717, 1.165) is 23.2 Å². The molecule has 0 aliphatic rings. The van der Waals surface area contributed by atoms with E-state index in [1.807, 2.05) is 16.8 Å². The minimum Gasteiger partial charge on any atom is -0.361 e.